The number of carbonyl (C=O) groups excluding carboxylic acids is 1. The maximum Gasteiger partial charge on any atom is 0.251 e. The molecule has 0 aliphatic heterocycles. The number of furan rings is 1. The van der Waals surface area contributed by atoms with Crippen molar-refractivity contribution in [2.75, 3.05) is 0 Å². The fraction of sp³-hybridized carbons (Fsp3) is 0.188. The third kappa shape index (κ3) is 3.95. The van der Waals surface area contributed by atoms with Crippen LogP contribution in [0.5, 0.6) is 0 Å². The SMILES string of the molecule is CC(=O)NCc1ccc(-c2noc(C=Cc3ccc(C)o3)n2)s1. The smallest absolute Gasteiger partial charge is 0.251 e. The Balaban J connectivity index is 1.69. The number of hydrogen-bond acceptors (Lipinski definition) is 6. The number of nitrogens with one attached hydrogen (secondary N) is 1. The summed E-state index contributed by atoms with van der Waals surface area (Å²) in [4.78, 5) is 17.2. The molecule has 3 aromatic heterocycles. The van der Waals surface area contributed by atoms with Gasteiger partial charge in [-0.15, -0.1) is 11.3 Å². The first-order valence-electron chi connectivity index (χ1n) is 7.02. The summed E-state index contributed by atoms with van der Waals surface area (Å²) in [5, 5.41) is 6.73. The summed E-state index contributed by atoms with van der Waals surface area (Å²) < 4.78 is 10.6. The predicted molar refractivity (Wildman–Crippen MR) is 87.5 cm³/mol. The van der Waals surface area contributed by atoms with Gasteiger partial charge in [0, 0.05) is 17.9 Å². The van der Waals surface area contributed by atoms with Crippen LogP contribution >= 0.6 is 11.3 Å². The average molecular weight is 329 g/mol. The quantitative estimate of drug-likeness (QED) is 0.774. The van der Waals surface area contributed by atoms with Gasteiger partial charge >= 0.3 is 0 Å². The predicted octanol–water partition coefficient (Wildman–Crippen LogP) is 3.51. The topological polar surface area (TPSA) is 81.2 Å². The molecule has 0 atom stereocenters. The van der Waals surface area contributed by atoms with E-state index in [1.165, 1.54) is 18.3 Å². The molecule has 1 N–H and O–H groups in total. The van der Waals surface area contributed by atoms with Crippen LogP contribution in [-0.2, 0) is 11.3 Å². The maximum atomic E-state index is 10.9. The fourth-order valence-corrected chi connectivity index (χ4v) is 2.78. The first-order valence-corrected chi connectivity index (χ1v) is 7.83. The van der Waals surface area contributed by atoms with Crippen LogP contribution in [0.15, 0.2) is 33.2 Å². The Morgan fingerprint density at radius 2 is 2.17 bits per heavy atom. The Morgan fingerprint density at radius 3 is 2.91 bits per heavy atom. The summed E-state index contributed by atoms with van der Waals surface area (Å²) in [5.41, 5.74) is 0. The maximum absolute atomic E-state index is 10.9. The van der Waals surface area contributed by atoms with Gasteiger partial charge in [0.25, 0.3) is 5.89 Å². The lowest BCUT2D eigenvalue weighted by molar-refractivity contribution is -0.119. The minimum atomic E-state index is -0.0555. The molecule has 0 spiro atoms. The van der Waals surface area contributed by atoms with E-state index in [1.807, 2.05) is 31.2 Å². The van der Waals surface area contributed by atoms with Crippen LogP contribution in [0.4, 0.5) is 0 Å². The zero-order valence-corrected chi connectivity index (χ0v) is 13.5. The van der Waals surface area contributed by atoms with Crippen LogP contribution in [-0.4, -0.2) is 16.0 Å². The Kier molecular flexibility index (Phi) is 4.38. The Bertz CT molecular complexity index is 844. The minimum absolute atomic E-state index is 0.0555. The first-order chi connectivity index (χ1) is 11.1. The molecule has 0 fully saturated rings. The number of nitrogens with zero attached hydrogens (tertiary/aromatic N) is 2. The molecule has 0 radical (unpaired) electrons. The highest BCUT2D eigenvalue weighted by Crippen LogP contribution is 2.26. The number of carbonyl (C=O) groups is 1. The lowest BCUT2D eigenvalue weighted by Gasteiger charge is -1.96. The van der Waals surface area contributed by atoms with Crippen LogP contribution in [0.2, 0.25) is 0 Å². The Labute approximate surface area is 136 Å². The molecular formula is C16H15N3O3S. The highest BCUT2D eigenvalue weighted by molar-refractivity contribution is 7.15. The molecule has 1 amide bonds. The molecular weight excluding hydrogens is 314 g/mol. The van der Waals surface area contributed by atoms with Gasteiger partial charge < -0.3 is 14.3 Å². The second-order valence-electron chi connectivity index (χ2n) is 4.91. The highest BCUT2D eigenvalue weighted by atomic mass is 32.1. The fourth-order valence-electron chi connectivity index (χ4n) is 1.90. The van der Waals surface area contributed by atoms with Gasteiger partial charge in [0.15, 0.2) is 0 Å². The van der Waals surface area contributed by atoms with Crippen molar-refractivity contribution >= 4 is 29.4 Å². The third-order valence-corrected chi connectivity index (χ3v) is 4.07. The third-order valence-electron chi connectivity index (χ3n) is 2.99. The normalized spacial score (nSPS) is 11.2. The van der Waals surface area contributed by atoms with Gasteiger partial charge in [-0.1, -0.05) is 5.16 Å². The molecule has 0 saturated carbocycles. The average Bonchev–Trinajstić information content (AvgIpc) is 3.23. The lowest BCUT2D eigenvalue weighted by atomic mass is 10.4. The largest absolute Gasteiger partial charge is 0.462 e. The van der Waals surface area contributed by atoms with E-state index in [1.54, 1.807) is 12.2 Å². The van der Waals surface area contributed by atoms with Crippen LogP contribution in [0.3, 0.4) is 0 Å². The summed E-state index contributed by atoms with van der Waals surface area (Å²) in [6.45, 7) is 3.88. The van der Waals surface area contributed by atoms with Gasteiger partial charge in [0.2, 0.25) is 11.7 Å². The number of rotatable bonds is 5. The van der Waals surface area contributed by atoms with E-state index < -0.39 is 0 Å². The highest BCUT2D eigenvalue weighted by Gasteiger charge is 2.10. The number of hydrogen-bond donors (Lipinski definition) is 1. The Morgan fingerprint density at radius 1 is 1.30 bits per heavy atom. The zero-order valence-electron chi connectivity index (χ0n) is 12.7. The van der Waals surface area contributed by atoms with Crippen molar-refractivity contribution in [3.63, 3.8) is 0 Å². The Hall–Kier alpha value is -2.67. The number of aryl methyl sites for hydroxylation is 1. The number of thiophene rings is 1. The molecule has 118 valence electrons. The van der Waals surface area contributed by atoms with Gasteiger partial charge in [0.05, 0.1) is 11.4 Å². The van der Waals surface area contributed by atoms with E-state index in [4.69, 9.17) is 8.94 Å². The van der Waals surface area contributed by atoms with Crippen molar-refractivity contribution in [2.24, 2.45) is 0 Å². The molecule has 3 heterocycles. The molecule has 0 aliphatic carbocycles. The molecule has 23 heavy (non-hydrogen) atoms. The summed E-state index contributed by atoms with van der Waals surface area (Å²) in [6.07, 6.45) is 3.49. The molecule has 3 aromatic rings. The summed E-state index contributed by atoms with van der Waals surface area (Å²) in [7, 11) is 0. The standard InChI is InChI=1S/C16H15N3O3S/c1-10-3-4-12(21-10)5-8-15-18-16(19-22-15)14-7-6-13(23-14)9-17-11(2)20/h3-8H,9H2,1-2H3,(H,17,20). The van der Waals surface area contributed by atoms with Crippen molar-refractivity contribution < 1.29 is 13.7 Å². The van der Waals surface area contributed by atoms with Gasteiger partial charge in [0.1, 0.15) is 11.5 Å². The van der Waals surface area contributed by atoms with E-state index in [9.17, 15) is 4.79 Å². The van der Waals surface area contributed by atoms with Crippen molar-refractivity contribution in [3.8, 4) is 10.7 Å². The van der Waals surface area contributed by atoms with Crippen molar-refractivity contribution in [3.05, 3.63) is 46.6 Å². The van der Waals surface area contributed by atoms with Crippen LogP contribution < -0.4 is 5.32 Å². The molecule has 7 heteroatoms. The van der Waals surface area contributed by atoms with Crippen molar-refractivity contribution in [1.29, 1.82) is 0 Å². The molecule has 6 nitrogen and oxygen atoms in total. The second-order valence-corrected chi connectivity index (χ2v) is 6.08. The van der Waals surface area contributed by atoms with Gasteiger partial charge in [-0.05, 0) is 37.3 Å². The van der Waals surface area contributed by atoms with Gasteiger partial charge in [-0.25, -0.2) is 0 Å². The minimum Gasteiger partial charge on any atom is -0.462 e. The molecule has 3 rings (SSSR count). The van der Waals surface area contributed by atoms with Crippen LogP contribution in [0.25, 0.3) is 22.9 Å². The van der Waals surface area contributed by atoms with Gasteiger partial charge in [-0.2, -0.15) is 4.98 Å². The summed E-state index contributed by atoms with van der Waals surface area (Å²) >= 11 is 1.52. The van der Waals surface area contributed by atoms with E-state index in [0.29, 0.717) is 18.3 Å². The molecule has 0 bridgehead atoms. The van der Waals surface area contributed by atoms with Crippen molar-refractivity contribution in [2.45, 2.75) is 20.4 Å². The number of aromatic nitrogens is 2. The molecule has 0 aliphatic rings. The van der Waals surface area contributed by atoms with E-state index in [0.717, 1.165) is 21.3 Å². The van der Waals surface area contributed by atoms with Gasteiger partial charge in [-0.3, -0.25) is 4.79 Å². The molecule has 0 aromatic carbocycles. The van der Waals surface area contributed by atoms with Crippen LogP contribution in [0.1, 0.15) is 29.2 Å². The summed E-state index contributed by atoms with van der Waals surface area (Å²) in [6, 6.07) is 7.61. The van der Waals surface area contributed by atoms with Crippen LogP contribution in [0, 0.1) is 6.92 Å². The molecule has 0 saturated heterocycles. The van der Waals surface area contributed by atoms with E-state index in [-0.39, 0.29) is 5.91 Å². The van der Waals surface area contributed by atoms with E-state index >= 15 is 0 Å². The second kappa shape index (κ2) is 6.62. The first kappa shape index (κ1) is 15.2. The zero-order chi connectivity index (χ0) is 16.2. The van der Waals surface area contributed by atoms with Crippen molar-refractivity contribution in [1.82, 2.24) is 15.5 Å². The monoisotopic (exact) mass is 329 g/mol. The summed E-state index contributed by atoms with van der Waals surface area (Å²) in [5.74, 6) is 2.46. The number of amides is 1. The van der Waals surface area contributed by atoms with E-state index in [2.05, 4.69) is 15.5 Å². The lowest BCUT2D eigenvalue weighted by Crippen LogP contribution is -2.17. The molecule has 0 unspecified atom stereocenters.